The van der Waals surface area contributed by atoms with Crippen LogP contribution < -0.4 is 0 Å². The second-order valence-corrected chi connectivity index (χ2v) is 3.98. The summed E-state index contributed by atoms with van der Waals surface area (Å²) in [6.07, 6.45) is -4.58. The SMILES string of the molecule is FC(F)(F)/C(Cl)=N\c1ccc(I)cc1. The van der Waals surface area contributed by atoms with Gasteiger partial charge in [0.1, 0.15) is 0 Å². The monoisotopic (exact) mass is 333 g/mol. The van der Waals surface area contributed by atoms with E-state index in [2.05, 4.69) is 4.99 Å². The van der Waals surface area contributed by atoms with Crippen molar-refractivity contribution in [3.05, 3.63) is 27.8 Å². The Kier molecular flexibility index (Phi) is 3.77. The third-order valence-electron chi connectivity index (χ3n) is 1.29. The summed E-state index contributed by atoms with van der Waals surface area (Å²) in [6, 6.07) is 6.24. The molecule has 0 heterocycles. The average molecular weight is 333 g/mol. The van der Waals surface area contributed by atoms with Gasteiger partial charge in [-0.2, -0.15) is 13.2 Å². The van der Waals surface area contributed by atoms with Crippen LogP contribution in [0, 0.1) is 3.57 Å². The maximum absolute atomic E-state index is 11.9. The van der Waals surface area contributed by atoms with Gasteiger partial charge in [0.25, 0.3) is 0 Å². The van der Waals surface area contributed by atoms with Gasteiger partial charge in [0, 0.05) is 3.57 Å². The molecule has 0 saturated carbocycles. The molecule has 0 spiro atoms. The molecule has 0 aliphatic heterocycles. The summed E-state index contributed by atoms with van der Waals surface area (Å²) in [5, 5.41) is -1.36. The van der Waals surface area contributed by atoms with Gasteiger partial charge in [-0.1, -0.05) is 11.6 Å². The zero-order valence-electron chi connectivity index (χ0n) is 6.65. The quantitative estimate of drug-likeness (QED) is 0.541. The number of benzene rings is 1. The van der Waals surface area contributed by atoms with E-state index in [0.29, 0.717) is 0 Å². The van der Waals surface area contributed by atoms with Gasteiger partial charge in [0.15, 0.2) is 0 Å². The minimum Gasteiger partial charge on any atom is -0.232 e. The molecule has 1 aromatic rings. The van der Waals surface area contributed by atoms with Crippen molar-refractivity contribution < 1.29 is 13.2 Å². The van der Waals surface area contributed by atoms with Crippen molar-refractivity contribution in [3.63, 3.8) is 0 Å². The van der Waals surface area contributed by atoms with E-state index in [9.17, 15) is 13.2 Å². The van der Waals surface area contributed by atoms with E-state index in [1.165, 1.54) is 12.1 Å². The van der Waals surface area contributed by atoms with Gasteiger partial charge >= 0.3 is 6.18 Å². The predicted octanol–water partition coefficient (Wildman–Crippen LogP) is 4.12. The molecule has 0 saturated heterocycles. The smallest absolute Gasteiger partial charge is 0.232 e. The topological polar surface area (TPSA) is 12.4 Å². The van der Waals surface area contributed by atoms with Crippen molar-refractivity contribution in [2.24, 2.45) is 4.99 Å². The lowest BCUT2D eigenvalue weighted by Crippen LogP contribution is -2.16. The first-order valence-corrected chi connectivity index (χ1v) is 4.92. The maximum atomic E-state index is 11.9. The highest BCUT2D eigenvalue weighted by atomic mass is 127. The minimum atomic E-state index is -4.58. The van der Waals surface area contributed by atoms with Gasteiger partial charge in [-0.25, -0.2) is 4.99 Å². The summed E-state index contributed by atoms with van der Waals surface area (Å²) in [4.78, 5) is 3.23. The molecule has 14 heavy (non-hydrogen) atoms. The summed E-state index contributed by atoms with van der Waals surface area (Å²) in [5.74, 6) is 0. The fourth-order valence-corrected chi connectivity index (χ4v) is 1.15. The molecule has 0 bridgehead atoms. The number of hydrogen-bond donors (Lipinski definition) is 0. The zero-order chi connectivity index (χ0) is 10.8. The van der Waals surface area contributed by atoms with Crippen LogP contribution in [-0.4, -0.2) is 11.3 Å². The first kappa shape index (κ1) is 11.8. The van der Waals surface area contributed by atoms with Crippen LogP contribution in [0.25, 0.3) is 0 Å². The first-order valence-electron chi connectivity index (χ1n) is 3.46. The van der Waals surface area contributed by atoms with E-state index in [-0.39, 0.29) is 5.69 Å². The Morgan fingerprint density at radius 3 is 2.14 bits per heavy atom. The second-order valence-electron chi connectivity index (χ2n) is 2.38. The molecule has 1 rings (SSSR count). The van der Waals surface area contributed by atoms with Crippen molar-refractivity contribution in [2.45, 2.75) is 6.18 Å². The van der Waals surface area contributed by atoms with Crippen molar-refractivity contribution in [3.8, 4) is 0 Å². The van der Waals surface area contributed by atoms with Gasteiger partial charge in [0.05, 0.1) is 5.69 Å². The summed E-state index contributed by atoms with van der Waals surface area (Å²) < 4.78 is 36.8. The summed E-state index contributed by atoms with van der Waals surface area (Å²) >= 11 is 7.00. The largest absolute Gasteiger partial charge is 0.444 e. The Morgan fingerprint density at radius 1 is 1.21 bits per heavy atom. The van der Waals surface area contributed by atoms with Crippen LogP contribution in [0.1, 0.15) is 0 Å². The van der Waals surface area contributed by atoms with Crippen LogP contribution in [-0.2, 0) is 0 Å². The molecule has 0 aliphatic rings. The number of aliphatic imine (C=N–C) groups is 1. The molecule has 6 heteroatoms. The van der Waals surface area contributed by atoms with Crippen LogP contribution in [0.15, 0.2) is 29.3 Å². The van der Waals surface area contributed by atoms with Crippen LogP contribution in [0.5, 0.6) is 0 Å². The Morgan fingerprint density at radius 2 is 1.71 bits per heavy atom. The van der Waals surface area contributed by atoms with Crippen LogP contribution in [0.3, 0.4) is 0 Å². The molecular weight excluding hydrogens is 329 g/mol. The van der Waals surface area contributed by atoms with E-state index in [0.717, 1.165) is 3.57 Å². The summed E-state index contributed by atoms with van der Waals surface area (Å²) in [6.45, 7) is 0. The second kappa shape index (κ2) is 4.48. The van der Waals surface area contributed by atoms with Crippen molar-refractivity contribution >= 4 is 45.1 Å². The molecular formula is C8H4ClF3IN. The summed E-state index contributed by atoms with van der Waals surface area (Å²) in [5.41, 5.74) is 0.188. The van der Waals surface area contributed by atoms with E-state index < -0.39 is 11.3 Å². The standard InChI is InChI=1S/C8H4ClF3IN/c9-7(8(10,11)12)14-6-3-1-5(13)2-4-6/h1-4H/b14-7+. The highest BCUT2D eigenvalue weighted by Crippen LogP contribution is 2.24. The van der Waals surface area contributed by atoms with Crippen LogP contribution in [0.2, 0.25) is 0 Å². The fraction of sp³-hybridized carbons (Fsp3) is 0.125. The van der Waals surface area contributed by atoms with Crippen LogP contribution in [0.4, 0.5) is 18.9 Å². The highest BCUT2D eigenvalue weighted by Gasteiger charge is 2.34. The predicted molar refractivity (Wildman–Crippen MR) is 58.2 cm³/mol. The van der Waals surface area contributed by atoms with E-state index in [1.54, 1.807) is 12.1 Å². The fourth-order valence-electron chi connectivity index (χ4n) is 0.692. The summed E-state index contributed by atoms with van der Waals surface area (Å²) in [7, 11) is 0. The molecule has 0 N–H and O–H groups in total. The molecule has 0 amide bonds. The van der Waals surface area contributed by atoms with E-state index in [1.807, 2.05) is 22.6 Å². The highest BCUT2D eigenvalue weighted by molar-refractivity contribution is 14.1. The van der Waals surface area contributed by atoms with Gasteiger partial charge < -0.3 is 0 Å². The number of nitrogens with zero attached hydrogens (tertiary/aromatic N) is 1. The number of alkyl halides is 3. The minimum absolute atomic E-state index is 0.188. The molecule has 0 aliphatic carbocycles. The number of halogens is 5. The average Bonchev–Trinajstić information content (AvgIpc) is 2.07. The van der Waals surface area contributed by atoms with Gasteiger partial charge in [0.2, 0.25) is 5.17 Å². The van der Waals surface area contributed by atoms with Crippen molar-refractivity contribution in [2.75, 3.05) is 0 Å². The normalized spacial score (nSPS) is 13.1. The Balaban J connectivity index is 2.93. The first-order chi connectivity index (χ1) is 6.39. The Bertz CT molecular complexity index is 345. The van der Waals surface area contributed by atoms with E-state index >= 15 is 0 Å². The van der Waals surface area contributed by atoms with Crippen molar-refractivity contribution in [1.29, 1.82) is 0 Å². The third kappa shape index (κ3) is 3.45. The lowest BCUT2D eigenvalue weighted by Gasteiger charge is -2.02. The molecule has 0 atom stereocenters. The van der Waals surface area contributed by atoms with Gasteiger partial charge in [-0.3, -0.25) is 0 Å². The molecule has 1 nitrogen and oxygen atoms in total. The Labute approximate surface area is 97.1 Å². The molecule has 1 aromatic carbocycles. The lowest BCUT2D eigenvalue weighted by atomic mass is 10.3. The van der Waals surface area contributed by atoms with Gasteiger partial charge in [-0.15, -0.1) is 0 Å². The number of hydrogen-bond acceptors (Lipinski definition) is 1. The number of rotatable bonds is 1. The third-order valence-corrected chi connectivity index (χ3v) is 2.31. The zero-order valence-corrected chi connectivity index (χ0v) is 9.56. The van der Waals surface area contributed by atoms with Crippen molar-refractivity contribution in [1.82, 2.24) is 0 Å². The maximum Gasteiger partial charge on any atom is 0.444 e. The molecule has 76 valence electrons. The van der Waals surface area contributed by atoms with Crippen LogP contribution >= 0.6 is 34.2 Å². The van der Waals surface area contributed by atoms with Gasteiger partial charge in [-0.05, 0) is 46.9 Å². The molecule has 0 radical (unpaired) electrons. The molecule has 0 fully saturated rings. The lowest BCUT2D eigenvalue weighted by molar-refractivity contribution is -0.0558. The molecule has 0 unspecified atom stereocenters. The van der Waals surface area contributed by atoms with E-state index in [4.69, 9.17) is 11.6 Å². The Hall–Kier alpha value is -0.300. The molecule has 0 aromatic heterocycles.